The Kier molecular flexibility index (Phi) is 6.86. The van der Waals surface area contributed by atoms with E-state index in [0.29, 0.717) is 0 Å². The molecular formula is C52H31N3S. The minimum Gasteiger partial charge on any atom is -0.309 e. The van der Waals surface area contributed by atoms with Crippen molar-refractivity contribution in [1.29, 1.82) is 0 Å². The van der Waals surface area contributed by atoms with Gasteiger partial charge < -0.3 is 4.57 Å². The minimum absolute atomic E-state index is 0.728. The highest BCUT2D eigenvalue weighted by atomic mass is 32.2. The van der Waals surface area contributed by atoms with Crippen molar-refractivity contribution in [2.75, 3.05) is 0 Å². The predicted molar refractivity (Wildman–Crippen MR) is 235 cm³/mol. The van der Waals surface area contributed by atoms with Gasteiger partial charge in [0, 0.05) is 48.0 Å². The van der Waals surface area contributed by atoms with Gasteiger partial charge in [0.1, 0.15) is 0 Å². The molecule has 0 unspecified atom stereocenters. The standard InChI is InChI=1S/C52H31N3S/c1-2-13-32(14-3-1)33-17-10-18-36(29-33)51-40-20-6-8-23-43(40)53-52(54-51)39-27-28-48-49-38(39)21-11-22-41(49)50-45(25-12-26-47(50)56-48)55-44-24-9-7-19-37(44)42-30-34-15-4-5-16-35(34)31-46(42)55/h1-31H. The molecule has 0 atom stereocenters. The van der Waals surface area contributed by atoms with Crippen molar-refractivity contribution in [3.8, 4) is 50.6 Å². The van der Waals surface area contributed by atoms with Gasteiger partial charge >= 0.3 is 0 Å². The number of fused-ring (bicyclic) bond motifs is 7. The van der Waals surface area contributed by atoms with E-state index in [2.05, 4.69) is 193 Å². The fourth-order valence-corrected chi connectivity index (χ4v) is 10.0. The molecule has 0 radical (unpaired) electrons. The van der Waals surface area contributed by atoms with Gasteiger partial charge in [0.15, 0.2) is 5.82 Å². The summed E-state index contributed by atoms with van der Waals surface area (Å²) < 4.78 is 2.48. The number of rotatable bonds is 4. The molecule has 0 saturated carbocycles. The summed E-state index contributed by atoms with van der Waals surface area (Å²) in [7, 11) is 0. The molecule has 0 saturated heterocycles. The van der Waals surface area contributed by atoms with E-state index in [1.807, 2.05) is 11.8 Å². The van der Waals surface area contributed by atoms with Crippen LogP contribution in [0, 0.1) is 0 Å². The Morgan fingerprint density at radius 3 is 2.04 bits per heavy atom. The number of para-hydroxylation sites is 2. The lowest BCUT2D eigenvalue weighted by Gasteiger charge is -2.25. The molecule has 260 valence electrons. The molecule has 0 N–H and O–H groups in total. The van der Waals surface area contributed by atoms with Gasteiger partial charge in [-0.1, -0.05) is 145 Å². The largest absolute Gasteiger partial charge is 0.309 e. The number of aromatic nitrogens is 3. The summed E-state index contributed by atoms with van der Waals surface area (Å²) >= 11 is 1.85. The molecule has 3 heterocycles. The molecule has 0 bridgehead atoms. The second kappa shape index (κ2) is 12.3. The summed E-state index contributed by atoms with van der Waals surface area (Å²) in [4.78, 5) is 13.1. The van der Waals surface area contributed by atoms with Crippen molar-refractivity contribution in [1.82, 2.24) is 14.5 Å². The van der Waals surface area contributed by atoms with E-state index in [4.69, 9.17) is 9.97 Å². The van der Waals surface area contributed by atoms with E-state index >= 15 is 0 Å². The van der Waals surface area contributed by atoms with Crippen molar-refractivity contribution < 1.29 is 0 Å². The lowest BCUT2D eigenvalue weighted by molar-refractivity contribution is 1.16. The van der Waals surface area contributed by atoms with E-state index < -0.39 is 0 Å². The molecule has 0 aliphatic carbocycles. The zero-order valence-corrected chi connectivity index (χ0v) is 31.0. The summed E-state index contributed by atoms with van der Waals surface area (Å²) in [6.07, 6.45) is 0. The van der Waals surface area contributed by atoms with Crippen molar-refractivity contribution in [2.24, 2.45) is 0 Å². The second-order valence-corrected chi connectivity index (χ2v) is 15.6. The van der Waals surface area contributed by atoms with Crippen molar-refractivity contribution in [2.45, 2.75) is 9.79 Å². The Morgan fingerprint density at radius 2 is 1.12 bits per heavy atom. The maximum absolute atomic E-state index is 5.40. The maximum atomic E-state index is 5.40. The highest BCUT2D eigenvalue weighted by Crippen LogP contribution is 2.52. The van der Waals surface area contributed by atoms with Crippen LogP contribution in [0.3, 0.4) is 0 Å². The average Bonchev–Trinajstić information content (AvgIpc) is 3.58. The minimum atomic E-state index is 0.728. The third-order valence-electron chi connectivity index (χ3n) is 11.4. The Bertz CT molecular complexity index is 3400. The SMILES string of the molecule is c1ccc(-c2cccc(-c3nc(-c4ccc5c6c(cccc46)-c4c(cccc4-n4c6ccccc6c6cc7ccccc7cc64)S5)nc4ccccc34)c2)cc1. The monoisotopic (exact) mass is 729 g/mol. The van der Waals surface area contributed by atoms with Crippen LogP contribution in [-0.4, -0.2) is 14.5 Å². The fourth-order valence-electron chi connectivity index (χ4n) is 8.85. The third-order valence-corrected chi connectivity index (χ3v) is 12.5. The van der Waals surface area contributed by atoms with E-state index in [0.717, 1.165) is 44.5 Å². The van der Waals surface area contributed by atoms with Crippen LogP contribution in [0.5, 0.6) is 0 Å². The van der Waals surface area contributed by atoms with Crippen LogP contribution in [-0.2, 0) is 0 Å². The van der Waals surface area contributed by atoms with Gasteiger partial charge in [-0.05, 0) is 87.4 Å². The van der Waals surface area contributed by atoms with Crippen LogP contribution in [0.1, 0.15) is 0 Å². The van der Waals surface area contributed by atoms with Gasteiger partial charge in [0.2, 0.25) is 0 Å². The van der Waals surface area contributed by atoms with Gasteiger partial charge in [-0.15, -0.1) is 0 Å². The quantitative estimate of drug-likeness (QED) is 0.181. The van der Waals surface area contributed by atoms with Crippen LogP contribution in [0.15, 0.2) is 198 Å². The molecule has 1 aliphatic rings. The Labute approximate surface area is 327 Å². The molecule has 0 spiro atoms. The molecule has 11 aromatic rings. The number of hydrogen-bond donors (Lipinski definition) is 0. The summed E-state index contributed by atoms with van der Waals surface area (Å²) in [5, 5.41) is 8.45. The van der Waals surface area contributed by atoms with E-state index in [-0.39, 0.29) is 0 Å². The van der Waals surface area contributed by atoms with Crippen molar-refractivity contribution in [3.63, 3.8) is 0 Å². The van der Waals surface area contributed by atoms with E-state index in [1.54, 1.807) is 0 Å². The smallest absolute Gasteiger partial charge is 0.161 e. The molecule has 0 amide bonds. The second-order valence-electron chi connectivity index (χ2n) is 14.5. The van der Waals surface area contributed by atoms with E-state index in [9.17, 15) is 0 Å². The maximum Gasteiger partial charge on any atom is 0.161 e. The van der Waals surface area contributed by atoms with Crippen molar-refractivity contribution in [3.05, 3.63) is 188 Å². The van der Waals surface area contributed by atoms with Crippen molar-refractivity contribution >= 4 is 66.0 Å². The molecule has 4 heteroatoms. The Hall–Kier alpha value is -7.01. The first-order chi connectivity index (χ1) is 27.8. The first-order valence-electron chi connectivity index (χ1n) is 19.0. The molecule has 56 heavy (non-hydrogen) atoms. The highest BCUT2D eigenvalue weighted by Gasteiger charge is 2.26. The Balaban J connectivity index is 1.08. The van der Waals surface area contributed by atoms with Crippen LogP contribution in [0.25, 0.3) is 105 Å². The van der Waals surface area contributed by atoms with Crippen LogP contribution in [0.2, 0.25) is 0 Å². The molecule has 1 aliphatic heterocycles. The summed E-state index contributed by atoms with van der Waals surface area (Å²) in [5.41, 5.74) is 12.4. The zero-order valence-electron chi connectivity index (χ0n) is 30.1. The van der Waals surface area contributed by atoms with Gasteiger partial charge in [-0.25, -0.2) is 9.97 Å². The molecule has 9 aromatic carbocycles. The van der Waals surface area contributed by atoms with Crippen LogP contribution < -0.4 is 0 Å². The lowest BCUT2D eigenvalue weighted by Crippen LogP contribution is -2.02. The summed E-state index contributed by atoms with van der Waals surface area (Å²) in [6, 6.07) is 67.8. The average molecular weight is 730 g/mol. The molecular weight excluding hydrogens is 699 g/mol. The van der Waals surface area contributed by atoms with Crippen LogP contribution >= 0.6 is 11.8 Å². The van der Waals surface area contributed by atoms with Gasteiger partial charge in [-0.2, -0.15) is 0 Å². The molecule has 3 nitrogen and oxygen atoms in total. The summed E-state index contributed by atoms with van der Waals surface area (Å²) in [6.45, 7) is 0. The number of hydrogen-bond acceptors (Lipinski definition) is 3. The summed E-state index contributed by atoms with van der Waals surface area (Å²) in [5.74, 6) is 0.728. The third kappa shape index (κ3) is 4.73. The molecule has 2 aromatic heterocycles. The molecule has 0 fully saturated rings. The highest BCUT2D eigenvalue weighted by molar-refractivity contribution is 7.99. The predicted octanol–water partition coefficient (Wildman–Crippen LogP) is 14.2. The van der Waals surface area contributed by atoms with E-state index in [1.165, 1.54) is 70.1 Å². The van der Waals surface area contributed by atoms with Gasteiger partial charge in [-0.3, -0.25) is 0 Å². The van der Waals surface area contributed by atoms with Gasteiger partial charge in [0.05, 0.1) is 27.9 Å². The normalized spacial score (nSPS) is 12.2. The van der Waals surface area contributed by atoms with Crippen LogP contribution in [0.4, 0.5) is 0 Å². The first kappa shape index (κ1) is 31.4. The lowest BCUT2D eigenvalue weighted by atomic mass is 9.93. The molecule has 12 rings (SSSR count). The van der Waals surface area contributed by atoms with Gasteiger partial charge in [0.25, 0.3) is 0 Å². The first-order valence-corrected chi connectivity index (χ1v) is 19.8. The Morgan fingerprint density at radius 1 is 0.411 bits per heavy atom. The topological polar surface area (TPSA) is 30.7 Å². The zero-order chi connectivity index (χ0) is 36.7. The fraction of sp³-hybridized carbons (Fsp3) is 0. The number of nitrogens with zero attached hydrogens (tertiary/aromatic N) is 3. The number of benzene rings is 9.